The molecule has 0 aliphatic rings. The number of pyridine rings is 1. The first-order valence-electron chi connectivity index (χ1n) is 13.6. The van der Waals surface area contributed by atoms with Gasteiger partial charge in [-0.3, -0.25) is 19.5 Å². The highest BCUT2D eigenvalue weighted by Gasteiger charge is 2.39. The van der Waals surface area contributed by atoms with Crippen molar-refractivity contribution in [3.63, 3.8) is 0 Å². The van der Waals surface area contributed by atoms with Gasteiger partial charge in [0.15, 0.2) is 0 Å². The number of aromatic amines is 1. The Labute approximate surface area is 266 Å². The second kappa shape index (κ2) is 16.0. The minimum Gasteiger partial charge on any atom is -0.475 e. The summed E-state index contributed by atoms with van der Waals surface area (Å²) in [6, 6.07) is 10.5. The molecule has 0 saturated heterocycles. The van der Waals surface area contributed by atoms with E-state index in [4.69, 9.17) is 19.8 Å². The number of imidazole rings is 1. The van der Waals surface area contributed by atoms with Crippen molar-refractivity contribution in [1.29, 1.82) is 0 Å². The van der Waals surface area contributed by atoms with E-state index in [-0.39, 0.29) is 23.7 Å². The Morgan fingerprint density at radius 2 is 1.34 bits per heavy atom. The molecule has 2 heterocycles. The Balaban J connectivity index is 0.000000658. The number of alkyl halides is 6. The number of aliphatic carboxylic acids is 2. The van der Waals surface area contributed by atoms with Crippen LogP contribution in [-0.2, 0) is 31.0 Å². The number of rotatable bonds is 6. The lowest BCUT2D eigenvalue weighted by Crippen LogP contribution is -2.50. The van der Waals surface area contributed by atoms with Crippen LogP contribution in [0.1, 0.15) is 64.4 Å². The summed E-state index contributed by atoms with van der Waals surface area (Å²) in [4.78, 5) is 57.8. The normalized spacial score (nSPS) is 12.3. The first-order chi connectivity index (χ1) is 21.3. The number of halogens is 6. The van der Waals surface area contributed by atoms with E-state index in [0.717, 1.165) is 5.56 Å². The molecule has 3 aromatic rings. The number of anilines is 1. The standard InChI is InChI=1S/C26H33N5O2.2C2HF3O2/c1-25(2,3)19-9-11-21(12-10-19)31(22(32)14-20-16-28-17-29-20)23(18-8-7-13-27-15-18)24(33)30-26(4,5)6;2*3-2(4,5)1(6)7/h7-13,15-17,23H,14H2,1-6H3,(H,28,29)(H,30,33);2*(H,6,7). The molecule has 0 aliphatic carbocycles. The number of benzene rings is 1. The van der Waals surface area contributed by atoms with E-state index in [1.165, 1.54) is 6.33 Å². The van der Waals surface area contributed by atoms with Crippen LogP contribution in [-0.4, -0.2) is 66.8 Å². The van der Waals surface area contributed by atoms with Crippen molar-refractivity contribution < 1.29 is 55.7 Å². The number of aromatic nitrogens is 3. The van der Waals surface area contributed by atoms with E-state index in [1.807, 2.05) is 51.1 Å². The van der Waals surface area contributed by atoms with Crippen molar-refractivity contribution in [1.82, 2.24) is 20.3 Å². The smallest absolute Gasteiger partial charge is 0.475 e. The Morgan fingerprint density at radius 3 is 1.70 bits per heavy atom. The third-order valence-electron chi connectivity index (χ3n) is 5.67. The second-order valence-electron chi connectivity index (χ2n) is 11.8. The summed E-state index contributed by atoms with van der Waals surface area (Å²) < 4.78 is 63.5. The summed E-state index contributed by atoms with van der Waals surface area (Å²) in [5.41, 5.74) is 2.60. The molecule has 0 aliphatic heterocycles. The van der Waals surface area contributed by atoms with Crippen LogP contribution in [0.4, 0.5) is 32.0 Å². The number of carbonyl (C=O) groups is 4. The Bertz CT molecular complexity index is 1440. The molecule has 1 atom stereocenters. The van der Waals surface area contributed by atoms with Crippen LogP contribution in [0.3, 0.4) is 0 Å². The summed E-state index contributed by atoms with van der Waals surface area (Å²) in [6.07, 6.45) is -3.65. The average Bonchev–Trinajstić information content (AvgIpc) is 3.43. The fourth-order valence-electron chi connectivity index (χ4n) is 3.58. The number of amides is 2. The zero-order valence-electron chi connectivity index (χ0n) is 26.2. The Kier molecular flexibility index (Phi) is 13.7. The molecule has 3 rings (SSSR count). The molecule has 2 aromatic heterocycles. The van der Waals surface area contributed by atoms with Gasteiger partial charge in [0.1, 0.15) is 6.04 Å². The fourth-order valence-corrected chi connectivity index (χ4v) is 3.58. The molecule has 0 bridgehead atoms. The van der Waals surface area contributed by atoms with E-state index in [2.05, 4.69) is 41.0 Å². The molecular weight excluding hydrogens is 640 g/mol. The maximum Gasteiger partial charge on any atom is 0.490 e. The van der Waals surface area contributed by atoms with Gasteiger partial charge in [-0.25, -0.2) is 14.6 Å². The number of carbonyl (C=O) groups excluding carboxylic acids is 2. The molecule has 0 spiro atoms. The summed E-state index contributed by atoms with van der Waals surface area (Å²) in [5, 5.41) is 17.3. The zero-order valence-corrected chi connectivity index (χ0v) is 26.2. The van der Waals surface area contributed by atoms with Crippen molar-refractivity contribution in [3.8, 4) is 0 Å². The third-order valence-corrected chi connectivity index (χ3v) is 5.67. The van der Waals surface area contributed by atoms with Crippen molar-refractivity contribution >= 4 is 29.4 Å². The summed E-state index contributed by atoms with van der Waals surface area (Å²) in [6.45, 7) is 12.2. The minimum absolute atomic E-state index is 0.0321. The van der Waals surface area contributed by atoms with Gasteiger partial charge in [-0.15, -0.1) is 0 Å². The van der Waals surface area contributed by atoms with Gasteiger partial charge in [0, 0.05) is 41.1 Å². The number of hydrogen-bond acceptors (Lipinski definition) is 6. The minimum atomic E-state index is -5.08. The predicted molar refractivity (Wildman–Crippen MR) is 157 cm³/mol. The summed E-state index contributed by atoms with van der Waals surface area (Å²) in [7, 11) is 0. The van der Waals surface area contributed by atoms with Gasteiger partial charge in [0.05, 0.1) is 12.7 Å². The van der Waals surface area contributed by atoms with E-state index in [1.54, 1.807) is 29.6 Å². The molecule has 258 valence electrons. The molecule has 17 heteroatoms. The Morgan fingerprint density at radius 1 is 0.830 bits per heavy atom. The van der Waals surface area contributed by atoms with Crippen molar-refractivity contribution in [2.45, 2.75) is 77.3 Å². The largest absolute Gasteiger partial charge is 0.490 e. The molecule has 0 saturated carbocycles. The van der Waals surface area contributed by atoms with E-state index >= 15 is 0 Å². The van der Waals surface area contributed by atoms with Gasteiger partial charge >= 0.3 is 24.3 Å². The quantitative estimate of drug-likeness (QED) is 0.245. The van der Waals surface area contributed by atoms with E-state index in [9.17, 15) is 35.9 Å². The fraction of sp³-hybridized carbons (Fsp3) is 0.400. The summed E-state index contributed by atoms with van der Waals surface area (Å²) in [5.74, 6) is -6.01. The lowest BCUT2D eigenvalue weighted by atomic mass is 9.87. The van der Waals surface area contributed by atoms with Gasteiger partial charge in [0.2, 0.25) is 11.8 Å². The first-order valence-corrected chi connectivity index (χ1v) is 13.6. The van der Waals surface area contributed by atoms with Crippen LogP contribution in [0.5, 0.6) is 0 Å². The highest BCUT2D eigenvalue weighted by atomic mass is 19.4. The maximum absolute atomic E-state index is 13.7. The number of H-pyrrole nitrogens is 1. The second-order valence-corrected chi connectivity index (χ2v) is 11.8. The summed E-state index contributed by atoms with van der Waals surface area (Å²) >= 11 is 0. The number of carboxylic acids is 2. The van der Waals surface area contributed by atoms with Crippen molar-refractivity contribution in [3.05, 3.63) is 78.1 Å². The number of hydrogen-bond donors (Lipinski definition) is 4. The lowest BCUT2D eigenvalue weighted by Gasteiger charge is -2.34. The van der Waals surface area contributed by atoms with Crippen LogP contribution in [0.25, 0.3) is 0 Å². The van der Waals surface area contributed by atoms with Crippen LogP contribution in [0.15, 0.2) is 61.3 Å². The van der Waals surface area contributed by atoms with Gasteiger partial charge in [-0.2, -0.15) is 26.3 Å². The monoisotopic (exact) mass is 675 g/mol. The van der Waals surface area contributed by atoms with Crippen LogP contribution in [0.2, 0.25) is 0 Å². The topological polar surface area (TPSA) is 166 Å². The average molecular weight is 676 g/mol. The number of carboxylic acid groups (broad SMARTS) is 2. The highest BCUT2D eigenvalue weighted by molar-refractivity contribution is 6.02. The van der Waals surface area contributed by atoms with Gasteiger partial charge in [-0.05, 0) is 49.9 Å². The molecule has 0 fully saturated rings. The first kappa shape index (κ1) is 40.1. The molecule has 1 aromatic carbocycles. The third kappa shape index (κ3) is 13.9. The molecule has 4 N–H and O–H groups in total. The van der Waals surface area contributed by atoms with Gasteiger partial charge in [0.25, 0.3) is 0 Å². The molecule has 47 heavy (non-hydrogen) atoms. The SMILES string of the molecule is CC(C)(C)NC(=O)C(c1cccnc1)N(C(=O)Cc1cnc[nH]1)c1ccc(C(C)(C)C)cc1.O=C(O)C(F)(F)F.O=C(O)C(F)(F)F. The molecule has 2 amide bonds. The van der Waals surface area contributed by atoms with Crippen molar-refractivity contribution in [2.75, 3.05) is 4.90 Å². The van der Waals surface area contributed by atoms with Gasteiger partial charge < -0.3 is 20.5 Å². The van der Waals surface area contributed by atoms with Crippen LogP contribution >= 0.6 is 0 Å². The van der Waals surface area contributed by atoms with E-state index in [0.29, 0.717) is 16.9 Å². The Hall–Kier alpha value is -4.96. The zero-order chi connectivity index (χ0) is 36.4. The molecular formula is C30H35F6N5O6. The van der Waals surface area contributed by atoms with Crippen LogP contribution < -0.4 is 10.2 Å². The maximum atomic E-state index is 13.7. The van der Waals surface area contributed by atoms with E-state index < -0.39 is 35.9 Å². The molecule has 0 radical (unpaired) electrons. The lowest BCUT2D eigenvalue weighted by molar-refractivity contribution is -0.193. The van der Waals surface area contributed by atoms with Gasteiger partial charge in [-0.1, -0.05) is 39.0 Å². The van der Waals surface area contributed by atoms with Crippen LogP contribution in [0, 0.1) is 0 Å². The van der Waals surface area contributed by atoms with Crippen molar-refractivity contribution in [2.24, 2.45) is 0 Å². The molecule has 11 nitrogen and oxygen atoms in total. The number of nitrogens with one attached hydrogen (secondary N) is 2. The molecule has 1 unspecified atom stereocenters. The predicted octanol–water partition coefficient (Wildman–Crippen LogP) is 5.60. The highest BCUT2D eigenvalue weighted by Crippen LogP contribution is 2.31. The number of nitrogens with zero attached hydrogens (tertiary/aromatic N) is 3.